The zero-order valence-electron chi connectivity index (χ0n) is 6.46. The molecule has 0 aromatic carbocycles. The number of aliphatic hydroxyl groups is 4. The van der Waals surface area contributed by atoms with E-state index in [1.807, 2.05) is 0 Å². The lowest BCUT2D eigenvalue weighted by Crippen LogP contribution is -2.45. The van der Waals surface area contributed by atoms with Gasteiger partial charge in [-0.2, -0.15) is 0 Å². The highest BCUT2D eigenvalue weighted by Crippen LogP contribution is 2.23. The first-order chi connectivity index (χ1) is 5.57. The van der Waals surface area contributed by atoms with Crippen LogP contribution in [0.2, 0.25) is 0 Å². The van der Waals surface area contributed by atoms with Gasteiger partial charge in [-0.1, -0.05) is 6.08 Å². The van der Waals surface area contributed by atoms with E-state index in [0.29, 0.717) is 0 Å². The predicted molar refractivity (Wildman–Crippen MR) is 41.0 cm³/mol. The molecule has 1 aliphatic carbocycles. The molecular weight excluding hydrogens is 160 g/mol. The minimum atomic E-state index is -1.31. The molecular formula is C8H12O4. The van der Waals surface area contributed by atoms with Crippen molar-refractivity contribution in [1.29, 1.82) is 0 Å². The zero-order chi connectivity index (χ0) is 9.30. The molecule has 2 radical (unpaired) electrons. The number of hydrogen-bond donors (Lipinski definition) is 4. The Morgan fingerprint density at radius 2 is 1.83 bits per heavy atom. The third kappa shape index (κ3) is 1.51. The SMILES string of the molecule is [CH][C@@H]1C=C(CO)[C@H](O)C(O)[C@H]1O. The van der Waals surface area contributed by atoms with Crippen molar-refractivity contribution in [2.24, 2.45) is 5.92 Å². The summed E-state index contributed by atoms with van der Waals surface area (Å²) in [6, 6.07) is 0. The van der Waals surface area contributed by atoms with Gasteiger partial charge in [0, 0.05) is 5.92 Å². The quantitative estimate of drug-likeness (QED) is 0.356. The van der Waals surface area contributed by atoms with Gasteiger partial charge in [0.05, 0.1) is 12.7 Å². The molecule has 1 rings (SSSR count). The minimum absolute atomic E-state index is 0.250. The normalized spacial score (nSPS) is 42.6. The highest BCUT2D eigenvalue weighted by atomic mass is 16.4. The Morgan fingerprint density at radius 3 is 2.33 bits per heavy atom. The highest BCUT2D eigenvalue weighted by Gasteiger charge is 2.34. The van der Waals surface area contributed by atoms with Crippen LogP contribution in [0.15, 0.2) is 11.6 Å². The van der Waals surface area contributed by atoms with Gasteiger partial charge >= 0.3 is 0 Å². The summed E-state index contributed by atoms with van der Waals surface area (Å²) in [5.74, 6) is -0.731. The van der Waals surface area contributed by atoms with E-state index in [0.717, 1.165) is 0 Å². The topological polar surface area (TPSA) is 80.9 Å². The summed E-state index contributed by atoms with van der Waals surface area (Å²) < 4.78 is 0. The summed E-state index contributed by atoms with van der Waals surface area (Å²) in [4.78, 5) is 0. The molecule has 0 aromatic rings. The van der Waals surface area contributed by atoms with Gasteiger partial charge in [0.1, 0.15) is 12.2 Å². The standard InChI is InChI=1S/C8H12O4/c1-4-2-5(3-9)7(11)8(12)6(4)10/h1-2,4,6-12H,3H2/t4-,6+,7+,8?/m1/s1. The van der Waals surface area contributed by atoms with E-state index in [-0.39, 0.29) is 12.2 Å². The van der Waals surface area contributed by atoms with E-state index in [1.54, 1.807) is 0 Å². The lowest BCUT2D eigenvalue weighted by Gasteiger charge is -2.32. The molecule has 0 heterocycles. The van der Waals surface area contributed by atoms with Crippen LogP contribution in [0.25, 0.3) is 0 Å². The molecule has 4 nitrogen and oxygen atoms in total. The van der Waals surface area contributed by atoms with Crippen molar-refractivity contribution < 1.29 is 20.4 Å². The largest absolute Gasteiger partial charge is 0.392 e. The first-order valence-electron chi connectivity index (χ1n) is 3.69. The lowest BCUT2D eigenvalue weighted by molar-refractivity contribution is -0.0660. The van der Waals surface area contributed by atoms with Crippen molar-refractivity contribution in [2.45, 2.75) is 18.3 Å². The van der Waals surface area contributed by atoms with Gasteiger partial charge in [0.15, 0.2) is 0 Å². The molecule has 0 saturated heterocycles. The fourth-order valence-corrected chi connectivity index (χ4v) is 1.22. The van der Waals surface area contributed by atoms with Crippen LogP contribution in [-0.2, 0) is 0 Å². The van der Waals surface area contributed by atoms with Gasteiger partial charge < -0.3 is 20.4 Å². The first kappa shape index (κ1) is 9.67. The van der Waals surface area contributed by atoms with Crippen LogP contribution in [0, 0.1) is 12.8 Å². The Morgan fingerprint density at radius 1 is 1.25 bits per heavy atom. The van der Waals surface area contributed by atoms with Crippen LogP contribution in [0.1, 0.15) is 0 Å². The van der Waals surface area contributed by atoms with Crippen LogP contribution in [-0.4, -0.2) is 45.3 Å². The van der Waals surface area contributed by atoms with E-state index in [4.69, 9.17) is 17.1 Å². The fraction of sp³-hybridized carbons (Fsp3) is 0.625. The van der Waals surface area contributed by atoms with Gasteiger partial charge in [0.2, 0.25) is 0 Å². The summed E-state index contributed by atoms with van der Waals surface area (Å²) in [5.41, 5.74) is 0.250. The van der Waals surface area contributed by atoms with Gasteiger partial charge in [-0.15, -0.1) is 0 Å². The van der Waals surface area contributed by atoms with Crippen molar-refractivity contribution in [3.63, 3.8) is 0 Å². The van der Waals surface area contributed by atoms with Crippen molar-refractivity contribution in [3.8, 4) is 0 Å². The second-order valence-electron chi connectivity index (χ2n) is 2.90. The van der Waals surface area contributed by atoms with Gasteiger partial charge in [-0.05, 0) is 12.5 Å². The zero-order valence-corrected chi connectivity index (χ0v) is 6.46. The van der Waals surface area contributed by atoms with E-state index in [2.05, 4.69) is 0 Å². The third-order valence-electron chi connectivity index (χ3n) is 2.04. The summed E-state index contributed by atoms with van der Waals surface area (Å²) in [6.45, 7) is 5.03. The van der Waals surface area contributed by atoms with E-state index in [1.165, 1.54) is 6.08 Å². The maximum absolute atomic E-state index is 9.23. The molecule has 12 heavy (non-hydrogen) atoms. The van der Waals surface area contributed by atoms with Gasteiger partial charge in [-0.25, -0.2) is 0 Å². The van der Waals surface area contributed by atoms with Crippen LogP contribution >= 0.6 is 0 Å². The smallest absolute Gasteiger partial charge is 0.110 e. The predicted octanol–water partition coefficient (Wildman–Crippen LogP) is -1.67. The van der Waals surface area contributed by atoms with Crippen molar-refractivity contribution in [3.05, 3.63) is 18.6 Å². The monoisotopic (exact) mass is 172 g/mol. The highest BCUT2D eigenvalue weighted by molar-refractivity contribution is 5.19. The van der Waals surface area contributed by atoms with Gasteiger partial charge in [0.25, 0.3) is 0 Å². The molecule has 0 spiro atoms. The Bertz CT molecular complexity index is 189. The molecule has 0 aliphatic heterocycles. The maximum atomic E-state index is 9.23. The molecule has 4 N–H and O–H groups in total. The van der Waals surface area contributed by atoms with Crippen LogP contribution < -0.4 is 0 Å². The Kier molecular flexibility index (Phi) is 2.85. The van der Waals surface area contributed by atoms with Crippen LogP contribution in [0.3, 0.4) is 0 Å². The summed E-state index contributed by atoms with van der Waals surface area (Å²) in [7, 11) is 0. The molecule has 0 bridgehead atoms. The van der Waals surface area contributed by atoms with Crippen LogP contribution in [0.4, 0.5) is 0 Å². The summed E-state index contributed by atoms with van der Waals surface area (Å²) in [6.07, 6.45) is -2.34. The molecule has 68 valence electrons. The van der Waals surface area contributed by atoms with Gasteiger partial charge in [-0.3, -0.25) is 0 Å². The Hall–Kier alpha value is -0.420. The number of aliphatic hydroxyl groups excluding tert-OH is 4. The second kappa shape index (κ2) is 3.53. The molecule has 0 saturated carbocycles. The molecule has 4 heteroatoms. The van der Waals surface area contributed by atoms with Crippen molar-refractivity contribution >= 4 is 0 Å². The minimum Gasteiger partial charge on any atom is -0.392 e. The number of hydrogen-bond acceptors (Lipinski definition) is 4. The molecule has 1 unspecified atom stereocenters. The van der Waals surface area contributed by atoms with E-state index < -0.39 is 24.2 Å². The van der Waals surface area contributed by atoms with E-state index >= 15 is 0 Å². The van der Waals surface area contributed by atoms with E-state index in [9.17, 15) is 10.2 Å². The average Bonchev–Trinajstić information content (AvgIpc) is 2.08. The Labute approximate surface area is 70.8 Å². The Balaban J connectivity index is 2.84. The molecule has 0 amide bonds. The fourth-order valence-electron chi connectivity index (χ4n) is 1.22. The number of rotatable bonds is 1. The summed E-state index contributed by atoms with van der Waals surface area (Å²) in [5, 5.41) is 36.3. The third-order valence-corrected chi connectivity index (χ3v) is 2.04. The average molecular weight is 172 g/mol. The maximum Gasteiger partial charge on any atom is 0.110 e. The van der Waals surface area contributed by atoms with Crippen molar-refractivity contribution in [1.82, 2.24) is 0 Å². The summed E-state index contributed by atoms with van der Waals surface area (Å²) >= 11 is 0. The molecule has 1 aliphatic rings. The first-order valence-corrected chi connectivity index (χ1v) is 3.69. The second-order valence-corrected chi connectivity index (χ2v) is 2.90. The molecule has 0 fully saturated rings. The molecule has 0 aromatic heterocycles. The van der Waals surface area contributed by atoms with Crippen molar-refractivity contribution in [2.75, 3.05) is 6.61 Å². The lowest BCUT2D eigenvalue weighted by atomic mass is 9.85. The van der Waals surface area contributed by atoms with Crippen LogP contribution in [0.5, 0.6) is 0 Å². The molecule has 4 atom stereocenters.